The molecule has 5 heteroatoms. The highest BCUT2D eigenvalue weighted by Crippen LogP contribution is 2.32. The highest BCUT2D eigenvalue weighted by atomic mass is 35.5. The van der Waals surface area contributed by atoms with Gasteiger partial charge in [-0.2, -0.15) is 0 Å². The lowest BCUT2D eigenvalue weighted by atomic mass is 10.0. The summed E-state index contributed by atoms with van der Waals surface area (Å²) in [5.74, 6) is -0.509. The first-order valence-electron chi connectivity index (χ1n) is 5.54. The third kappa shape index (κ3) is 2.85. The number of aryl methyl sites for hydroxylation is 1. The lowest BCUT2D eigenvalue weighted by Gasteiger charge is -2.12. The van der Waals surface area contributed by atoms with Gasteiger partial charge in [-0.25, -0.2) is 9.18 Å². The van der Waals surface area contributed by atoms with Crippen LogP contribution in [0.5, 0.6) is 0 Å². The lowest BCUT2D eigenvalue weighted by Crippen LogP contribution is -2.09. The Kier molecular flexibility index (Phi) is 3.71. The van der Waals surface area contributed by atoms with Crippen LogP contribution in [0.1, 0.15) is 5.56 Å². The van der Waals surface area contributed by atoms with E-state index in [-0.39, 0.29) is 5.02 Å². The summed E-state index contributed by atoms with van der Waals surface area (Å²) in [6.45, 7) is 1.79. The summed E-state index contributed by atoms with van der Waals surface area (Å²) in [4.78, 5) is 10.8. The van der Waals surface area contributed by atoms with E-state index >= 15 is 0 Å². The Balaban J connectivity index is 2.57. The molecule has 0 atom stereocenters. The van der Waals surface area contributed by atoms with Crippen molar-refractivity contribution in [3.63, 3.8) is 0 Å². The van der Waals surface area contributed by atoms with Crippen LogP contribution in [0.25, 0.3) is 11.1 Å². The number of halogens is 2. The van der Waals surface area contributed by atoms with Crippen LogP contribution in [0, 0.1) is 12.7 Å². The zero-order valence-corrected chi connectivity index (χ0v) is 10.8. The van der Waals surface area contributed by atoms with Gasteiger partial charge in [-0.1, -0.05) is 35.9 Å². The number of rotatable bonds is 2. The molecule has 0 spiro atoms. The van der Waals surface area contributed by atoms with Crippen LogP contribution in [-0.2, 0) is 0 Å². The Morgan fingerprint density at radius 1 is 1.32 bits per heavy atom. The molecule has 2 rings (SSSR count). The maximum Gasteiger partial charge on any atom is 0.409 e. The molecule has 98 valence electrons. The molecule has 0 aliphatic heterocycles. The summed E-state index contributed by atoms with van der Waals surface area (Å²) in [6, 6.07) is 9.63. The second kappa shape index (κ2) is 5.28. The molecule has 0 heterocycles. The smallest absolute Gasteiger partial charge is 0.409 e. The number of para-hydroxylation sites is 1. The van der Waals surface area contributed by atoms with E-state index in [0.717, 1.165) is 5.56 Å². The molecule has 0 bridgehead atoms. The van der Waals surface area contributed by atoms with E-state index < -0.39 is 11.9 Å². The summed E-state index contributed by atoms with van der Waals surface area (Å²) >= 11 is 5.75. The molecule has 1 amide bonds. The standard InChI is InChI=1S/C14H11ClFNO2/c1-8-3-2-4-10(13(8)17-14(18)19)9-5-6-12(16)11(15)7-9/h2-7,17H,1H3,(H,18,19). The van der Waals surface area contributed by atoms with Crippen molar-refractivity contribution in [2.75, 3.05) is 5.32 Å². The van der Waals surface area contributed by atoms with Crippen LogP contribution in [0.3, 0.4) is 0 Å². The average molecular weight is 280 g/mol. The highest BCUT2D eigenvalue weighted by Gasteiger charge is 2.11. The van der Waals surface area contributed by atoms with Crippen LogP contribution >= 0.6 is 11.6 Å². The van der Waals surface area contributed by atoms with Gasteiger partial charge in [0.15, 0.2) is 0 Å². The molecule has 3 nitrogen and oxygen atoms in total. The van der Waals surface area contributed by atoms with E-state index in [1.807, 2.05) is 0 Å². The first-order valence-corrected chi connectivity index (χ1v) is 5.92. The van der Waals surface area contributed by atoms with Crippen LogP contribution in [-0.4, -0.2) is 11.2 Å². The normalized spacial score (nSPS) is 10.3. The Bertz CT molecular complexity index is 643. The van der Waals surface area contributed by atoms with Gasteiger partial charge in [-0.05, 0) is 30.2 Å². The molecule has 2 N–H and O–H groups in total. The number of benzene rings is 2. The van der Waals surface area contributed by atoms with E-state index in [0.29, 0.717) is 16.8 Å². The number of carboxylic acid groups (broad SMARTS) is 1. The maximum atomic E-state index is 13.2. The molecule has 0 radical (unpaired) electrons. The molecule has 19 heavy (non-hydrogen) atoms. The minimum Gasteiger partial charge on any atom is -0.465 e. The third-order valence-electron chi connectivity index (χ3n) is 2.74. The van der Waals surface area contributed by atoms with E-state index in [4.69, 9.17) is 16.7 Å². The maximum absolute atomic E-state index is 13.2. The second-order valence-corrected chi connectivity index (χ2v) is 4.46. The molecule has 2 aromatic rings. The van der Waals surface area contributed by atoms with E-state index in [1.165, 1.54) is 12.1 Å². The van der Waals surface area contributed by atoms with Crippen LogP contribution < -0.4 is 5.32 Å². The molecule has 0 aliphatic rings. The fourth-order valence-corrected chi connectivity index (χ4v) is 2.03. The van der Waals surface area contributed by atoms with Crippen LogP contribution in [0.4, 0.5) is 14.9 Å². The Labute approximate surface area is 114 Å². The number of hydrogen-bond donors (Lipinski definition) is 2. The van der Waals surface area contributed by atoms with E-state index in [1.54, 1.807) is 31.2 Å². The highest BCUT2D eigenvalue weighted by molar-refractivity contribution is 6.31. The number of nitrogens with one attached hydrogen (secondary N) is 1. The predicted molar refractivity (Wildman–Crippen MR) is 73.2 cm³/mol. The second-order valence-electron chi connectivity index (χ2n) is 4.06. The molecule has 0 saturated carbocycles. The quantitative estimate of drug-likeness (QED) is 0.847. The molecule has 0 saturated heterocycles. The summed E-state index contributed by atoms with van der Waals surface area (Å²) < 4.78 is 13.2. The third-order valence-corrected chi connectivity index (χ3v) is 3.02. The van der Waals surface area contributed by atoms with Gasteiger partial charge in [0, 0.05) is 5.56 Å². The van der Waals surface area contributed by atoms with Gasteiger partial charge in [0.2, 0.25) is 0 Å². The fraction of sp³-hybridized carbons (Fsp3) is 0.0714. The zero-order valence-electron chi connectivity index (χ0n) is 10.1. The number of carbonyl (C=O) groups is 1. The first-order chi connectivity index (χ1) is 8.99. The van der Waals surface area contributed by atoms with Gasteiger partial charge < -0.3 is 5.11 Å². The summed E-state index contributed by atoms with van der Waals surface area (Å²) in [7, 11) is 0. The topological polar surface area (TPSA) is 49.3 Å². The number of anilines is 1. The Hall–Kier alpha value is -2.07. The largest absolute Gasteiger partial charge is 0.465 e. The van der Waals surface area contributed by atoms with Gasteiger partial charge >= 0.3 is 6.09 Å². The zero-order chi connectivity index (χ0) is 14.0. The van der Waals surface area contributed by atoms with E-state index in [2.05, 4.69) is 5.32 Å². The SMILES string of the molecule is Cc1cccc(-c2ccc(F)c(Cl)c2)c1NC(=O)O. The van der Waals surface area contributed by atoms with Gasteiger partial charge in [0.05, 0.1) is 10.7 Å². The summed E-state index contributed by atoms with van der Waals surface area (Å²) in [5, 5.41) is 11.2. The fourth-order valence-electron chi connectivity index (χ4n) is 1.84. The lowest BCUT2D eigenvalue weighted by molar-refractivity contribution is 0.209. The summed E-state index contributed by atoms with van der Waals surface area (Å²) in [5.41, 5.74) is 2.56. The molecule has 0 fully saturated rings. The van der Waals surface area contributed by atoms with Crippen LogP contribution in [0.15, 0.2) is 36.4 Å². The van der Waals surface area contributed by atoms with Crippen molar-refractivity contribution >= 4 is 23.4 Å². The average Bonchev–Trinajstić information content (AvgIpc) is 2.35. The van der Waals surface area contributed by atoms with Gasteiger partial charge in [0.25, 0.3) is 0 Å². The van der Waals surface area contributed by atoms with Crippen molar-refractivity contribution in [1.82, 2.24) is 0 Å². The van der Waals surface area contributed by atoms with E-state index in [9.17, 15) is 9.18 Å². The minimum absolute atomic E-state index is 0.000260. The van der Waals surface area contributed by atoms with Gasteiger partial charge in [-0.3, -0.25) is 5.32 Å². The molecule has 2 aromatic carbocycles. The van der Waals surface area contributed by atoms with Crippen molar-refractivity contribution in [3.05, 3.63) is 52.8 Å². The van der Waals surface area contributed by atoms with Crippen molar-refractivity contribution in [3.8, 4) is 11.1 Å². The first kappa shape index (κ1) is 13.4. The molecular formula is C14H11ClFNO2. The van der Waals surface area contributed by atoms with Gasteiger partial charge in [-0.15, -0.1) is 0 Å². The van der Waals surface area contributed by atoms with Crippen molar-refractivity contribution in [1.29, 1.82) is 0 Å². The van der Waals surface area contributed by atoms with Crippen molar-refractivity contribution in [2.24, 2.45) is 0 Å². The molecule has 0 aliphatic carbocycles. The molecule has 0 unspecified atom stereocenters. The number of amides is 1. The summed E-state index contributed by atoms with van der Waals surface area (Å²) in [6.07, 6.45) is -1.15. The minimum atomic E-state index is -1.15. The Morgan fingerprint density at radius 3 is 2.68 bits per heavy atom. The van der Waals surface area contributed by atoms with Gasteiger partial charge in [0.1, 0.15) is 5.82 Å². The van der Waals surface area contributed by atoms with Crippen molar-refractivity contribution < 1.29 is 14.3 Å². The molecule has 0 aromatic heterocycles. The van der Waals surface area contributed by atoms with Crippen molar-refractivity contribution in [2.45, 2.75) is 6.92 Å². The Morgan fingerprint density at radius 2 is 2.05 bits per heavy atom. The monoisotopic (exact) mass is 279 g/mol. The van der Waals surface area contributed by atoms with Crippen LogP contribution in [0.2, 0.25) is 5.02 Å². The number of hydrogen-bond acceptors (Lipinski definition) is 1. The molecular weight excluding hydrogens is 269 g/mol. The predicted octanol–water partition coefficient (Wildman–Crippen LogP) is 4.54.